The lowest BCUT2D eigenvalue weighted by molar-refractivity contribution is -0.155. The Bertz CT molecular complexity index is 422. The molecule has 0 radical (unpaired) electrons. The lowest BCUT2D eigenvalue weighted by atomic mass is 9.60. The fraction of sp³-hybridized carbons (Fsp3) is 0.765. The second kappa shape index (κ2) is 6.20. The molecular formula is C17H26O4. The minimum absolute atomic E-state index is 0.0994. The van der Waals surface area contributed by atoms with E-state index in [1.165, 1.54) is 32.6 Å². The van der Waals surface area contributed by atoms with E-state index in [0.717, 1.165) is 18.3 Å². The van der Waals surface area contributed by atoms with Crippen molar-refractivity contribution in [1.29, 1.82) is 0 Å². The Morgan fingerprint density at radius 1 is 1.14 bits per heavy atom. The molecular weight excluding hydrogens is 268 g/mol. The van der Waals surface area contributed by atoms with E-state index in [9.17, 15) is 9.59 Å². The molecule has 2 bridgehead atoms. The van der Waals surface area contributed by atoms with Crippen LogP contribution in [0.5, 0.6) is 0 Å². The summed E-state index contributed by atoms with van der Waals surface area (Å²) >= 11 is 0. The highest BCUT2D eigenvalue weighted by molar-refractivity contribution is 5.88. The molecule has 0 N–H and O–H groups in total. The quantitative estimate of drug-likeness (QED) is 0.557. The molecule has 0 aromatic carbocycles. The van der Waals surface area contributed by atoms with Crippen LogP contribution in [-0.2, 0) is 19.1 Å². The molecule has 4 heteroatoms. The van der Waals surface area contributed by atoms with Gasteiger partial charge in [0.1, 0.15) is 12.2 Å². The molecule has 0 heterocycles. The Morgan fingerprint density at radius 2 is 1.71 bits per heavy atom. The normalized spacial score (nSPS) is 27.5. The maximum absolute atomic E-state index is 12.0. The van der Waals surface area contributed by atoms with Gasteiger partial charge in [-0.15, -0.1) is 0 Å². The van der Waals surface area contributed by atoms with Crippen LogP contribution in [0.3, 0.4) is 0 Å². The summed E-state index contributed by atoms with van der Waals surface area (Å²) < 4.78 is 10.3. The highest BCUT2D eigenvalue weighted by atomic mass is 16.6. The first-order valence-electron chi connectivity index (χ1n) is 7.79. The predicted molar refractivity (Wildman–Crippen MR) is 79.5 cm³/mol. The molecule has 3 aliphatic rings. The van der Waals surface area contributed by atoms with Crippen molar-refractivity contribution in [2.45, 2.75) is 58.5 Å². The van der Waals surface area contributed by atoms with Gasteiger partial charge in [-0.05, 0) is 63.7 Å². The molecule has 3 rings (SSSR count). The van der Waals surface area contributed by atoms with Crippen LogP contribution in [0, 0.1) is 17.8 Å². The predicted octanol–water partition coefficient (Wildman–Crippen LogP) is 3.25. The second-order valence-electron chi connectivity index (χ2n) is 7.28. The summed E-state index contributed by atoms with van der Waals surface area (Å²) in [4.78, 5) is 22.7. The molecule has 3 fully saturated rings. The first-order chi connectivity index (χ1) is 9.75. The molecule has 3 saturated carbocycles. The van der Waals surface area contributed by atoms with E-state index in [0.29, 0.717) is 5.92 Å². The summed E-state index contributed by atoms with van der Waals surface area (Å²) in [7, 11) is 0. The average molecular weight is 294 g/mol. The lowest BCUT2D eigenvalue weighted by Crippen LogP contribution is -2.39. The van der Waals surface area contributed by atoms with E-state index in [2.05, 4.69) is 6.58 Å². The van der Waals surface area contributed by atoms with Gasteiger partial charge in [0, 0.05) is 6.92 Å². The highest BCUT2D eigenvalue weighted by Crippen LogP contribution is 2.50. The third-order valence-corrected chi connectivity index (χ3v) is 4.55. The zero-order valence-corrected chi connectivity index (χ0v) is 13.3. The van der Waals surface area contributed by atoms with Crippen LogP contribution in [0.4, 0.5) is 0 Å². The first kappa shape index (κ1) is 16.1. The van der Waals surface area contributed by atoms with Crippen molar-refractivity contribution in [2.24, 2.45) is 17.8 Å². The van der Waals surface area contributed by atoms with E-state index in [4.69, 9.17) is 9.47 Å². The van der Waals surface area contributed by atoms with Crippen LogP contribution in [0.15, 0.2) is 12.2 Å². The van der Waals surface area contributed by atoms with Crippen molar-refractivity contribution >= 4 is 11.9 Å². The van der Waals surface area contributed by atoms with Gasteiger partial charge in [0.2, 0.25) is 0 Å². The van der Waals surface area contributed by atoms with Crippen LogP contribution >= 0.6 is 0 Å². The fourth-order valence-corrected chi connectivity index (χ4v) is 3.77. The van der Waals surface area contributed by atoms with Crippen LogP contribution in [0.25, 0.3) is 0 Å². The Morgan fingerprint density at radius 3 is 2.24 bits per heavy atom. The van der Waals surface area contributed by atoms with Crippen molar-refractivity contribution in [3.8, 4) is 0 Å². The molecule has 0 saturated heterocycles. The van der Waals surface area contributed by atoms with Gasteiger partial charge in [-0.25, -0.2) is 4.79 Å². The number of esters is 2. The topological polar surface area (TPSA) is 52.6 Å². The second-order valence-corrected chi connectivity index (χ2v) is 7.28. The van der Waals surface area contributed by atoms with Gasteiger partial charge >= 0.3 is 11.9 Å². The Labute approximate surface area is 126 Å². The Kier molecular flexibility index (Phi) is 4.74. The number of carbonyl (C=O) groups excluding carboxylic acids is 2. The van der Waals surface area contributed by atoms with Gasteiger partial charge < -0.3 is 9.47 Å². The standard InChI is InChI=1S/C17H26O4/c1-11(10-20-12(2)18)16(19)21-17(3,4)9-15-7-13-5-14(6-13)8-15/h13-15H,1,5-10H2,2-4H3. The van der Waals surface area contributed by atoms with Gasteiger partial charge in [-0.1, -0.05) is 6.58 Å². The van der Waals surface area contributed by atoms with Crippen LogP contribution < -0.4 is 0 Å². The molecule has 0 aliphatic heterocycles. The number of fused-ring (bicyclic) bond motifs is 2. The largest absolute Gasteiger partial charge is 0.461 e. The zero-order valence-electron chi connectivity index (χ0n) is 13.3. The third-order valence-electron chi connectivity index (χ3n) is 4.55. The van der Waals surface area contributed by atoms with Gasteiger partial charge in [-0.3, -0.25) is 4.79 Å². The summed E-state index contributed by atoms with van der Waals surface area (Å²) in [6.07, 6.45) is 6.23. The summed E-state index contributed by atoms with van der Waals surface area (Å²) in [5, 5.41) is 0. The average Bonchev–Trinajstić information content (AvgIpc) is 2.33. The number of hydrogen-bond donors (Lipinski definition) is 0. The fourth-order valence-electron chi connectivity index (χ4n) is 3.77. The Balaban J connectivity index is 1.78. The minimum atomic E-state index is -0.495. The summed E-state index contributed by atoms with van der Waals surface area (Å²) in [5.74, 6) is 1.57. The minimum Gasteiger partial charge on any atom is -0.461 e. The molecule has 0 aromatic rings. The number of rotatable bonds is 6. The van der Waals surface area contributed by atoms with E-state index in [1.54, 1.807) is 0 Å². The summed E-state index contributed by atoms with van der Waals surface area (Å²) in [6.45, 7) is 8.73. The van der Waals surface area contributed by atoms with Crippen molar-refractivity contribution in [2.75, 3.05) is 6.61 Å². The molecule has 0 aromatic heterocycles. The summed E-state index contributed by atoms with van der Waals surface area (Å²) in [5.41, 5.74) is -0.310. The third kappa shape index (κ3) is 4.58. The molecule has 0 unspecified atom stereocenters. The molecule has 4 nitrogen and oxygen atoms in total. The lowest BCUT2D eigenvalue weighted by Gasteiger charge is -2.46. The van der Waals surface area contributed by atoms with E-state index in [-0.39, 0.29) is 12.2 Å². The van der Waals surface area contributed by atoms with Gasteiger partial charge in [-0.2, -0.15) is 0 Å². The van der Waals surface area contributed by atoms with Crippen molar-refractivity contribution in [3.05, 3.63) is 12.2 Å². The molecule has 0 atom stereocenters. The van der Waals surface area contributed by atoms with Crippen molar-refractivity contribution < 1.29 is 19.1 Å². The molecule has 0 spiro atoms. The maximum atomic E-state index is 12.0. The maximum Gasteiger partial charge on any atom is 0.337 e. The highest BCUT2D eigenvalue weighted by Gasteiger charge is 2.40. The first-order valence-corrected chi connectivity index (χ1v) is 7.79. The molecule has 21 heavy (non-hydrogen) atoms. The van der Waals surface area contributed by atoms with Crippen LogP contribution in [-0.4, -0.2) is 24.1 Å². The molecule has 3 aliphatic carbocycles. The van der Waals surface area contributed by atoms with Gasteiger partial charge in [0.05, 0.1) is 5.57 Å². The number of carbonyl (C=O) groups is 2. The van der Waals surface area contributed by atoms with Gasteiger partial charge in [0.15, 0.2) is 0 Å². The number of hydrogen-bond acceptors (Lipinski definition) is 4. The monoisotopic (exact) mass is 294 g/mol. The van der Waals surface area contributed by atoms with E-state index in [1.807, 2.05) is 13.8 Å². The van der Waals surface area contributed by atoms with Crippen LogP contribution in [0.2, 0.25) is 0 Å². The van der Waals surface area contributed by atoms with Crippen LogP contribution in [0.1, 0.15) is 52.9 Å². The number of ether oxygens (including phenoxy) is 2. The summed E-state index contributed by atoms with van der Waals surface area (Å²) in [6, 6.07) is 0. The van der Waals surface area contributed by atoms with Crippen molar-refractivity contribution in [1.82, 2.24) is 0 Å². The van der Waals surface area contributed by atoms with Gasteiger partial charge in [0.25, 0.3) is 0 Å². The smallest absolute Gasteiger partial charge is 0.337 e. The van der Waals surface area contributed by atoms with E-state index >= 15 is 0 Å². The SMILES string of the molecule is C=C(COC(C)=O)C(=O)OC(C)(C)CC1CC2CC(C2)C1. The Hall–Kier alpha value is -1.32. The molecule has 0 amide bonds. The molecule has 118 valence electrons. The van der Waals surface area contributed by atoms with Crippen molar-refractivity contribution in [3.63, 3.8) is 0 Å². The van der Waals surface area contributed by atoms with E-state index < -0.39 is 17.5 Å². The zero-order chi connectivity index (χ0) is 15.6.